The van der Waals surface area contributed by atoms with Crippen molar-refractivity contribution in [1.82, 2.24) is 20.6 Å². The van der Waals surface area contributed by atoms with Crippen LogP contribution in [0.15, 0.2) is 66.9 Å². The predicted molar refractivity (Wildman–Crippen MR) is 128 cm³/mol. The number of nitrogens with zero attached hydrogens (tertiary/aromatic N) is 1. The van der Waals surface area contributed by atoms with E-state index in [0.29, 0.717) is 24.6 Å². The fourth-order valence-corrected chi connectivity index (χ4v) is 4.72. The topological polar surface area (TPSA) is 119 Å². The molecule has 4 atom stereocenters. The number of carbonyl (C=O) groups is 2. The maximum atomic E-state index is 13.0. The van der Waals surface area contributed by atoms with Crippen molar-refractivity contribution in [2.24, 2.45) is 5.92 Å². The Kier molecular flexibility index (Phi) is 6.31. The molecule has 34 heavy (non-hydrogen) atoms. The number of hydrogen-bond donors (Lipinski definition) is 5. The largest absolute Gasteiger partial charge is 0.392 e. The highest BCUT2D eigenvalue weighted by Gasteiger charge is 2.48. The molecule has 5 N–H and O–H groups in total. The van der Waals surface area contributed by atoms with Crippen LogP contribution in [0.2, 0.25) is 0 Å². The Bertz CT molecular complexity index is 1130. The Morgan fingerprint density at radius 2 is 1.74 bits per heavy atom. The molecular formula is C26H29N5O3. The minimum absolute atomic E-state index is 0.226. The molecule has 8 nitrogen and oxygen atoms in total. The zero-order valence-corrected chi connectivity index (χ0v) is 18.8. The van der Waals surface area contributed by atoms with E-state index in [2.05, 4.69) is 25.9 Å². The summed E-state index contributed by atoms with van der Waals surface area (Å²) >= 11 is 0. The average molecular weight is 460 g/mol. The van der Waals surface area contributed by atoms with Gasteiger partial charge < -0.3 is 26.0 Å². The molecule has 5 rings (SSSR count). The van der Waals surface area contributed by atoms with Crippen molar-refractivity contribution < 1.29 is 14.7 Å². The molecule has 2 aliphatic carbocycles. The number of carbonyl (C=O) groups excluding carboxylic acids is 2. The van der Waals surface area contributed by atoms with Crippen molar-refractivity contribution in [2.45, 2.75) is 49.8 Å². The van der Waals surface area contributed by atoms with Crippen LogP contribution < -0.4 is 16.0 Å². The standard InChI is InChI=1S/C26H29N5O3/c32-23-19(25(33)28-14-16-7-3-1-4-8-16)13-20(31-26(34)29-18-9-5-2-6-10-18)22(23)21-15-27-24(30-21)17-11-12-17/h1-10,15,17,19-20,22-23,32H,11-14H2,(H,27,30)(H,28,33)(H2,29,31,34)/t19-,20+,22+,23+/m0/s1. The van der Waals surface area contributed by atoms with E-state index in [4.69, 9.17) is 0 Å². The van der Waals surface area contributed by atoms with Crippen LogP contribution in [-0.2, 0) is 11.3 Å². The van der Waals surface area contributed by atoms with Crippen LogP contribution in [0.25, 0.3) is 0 Å². The second-order valence-electron chi connectivity index (χ2n) is 9.13. The van der Waals surface area contributed by atoms with Crippen molar-refractivity contribution in [3.8, 4) is 0 Å². The number of amides is 3. The van der Waals surface area contributed by atoms with Gasteiger partial charge in [-0.05, 0) is 37.0 Å². The highest BCUT2D eigenvalue weighted by molar-refractivity contribution is 5.89. The molecule has 1 aromatic heterocycles. The molecule has 2 aromatic carbocycles. The molecule has 2 saturated carbocycles. The Labute approximate surface area is 198 Å². The van der Waals surface area contributed by atoms with E-state index in [9.17, 15) is 14.7 Å². The maximum Gasteiger partial charge on any atom is 0.319 e. The first-order valence-corrected chi connectivity index (χ1v) is 11.8. The number of aromatic amines is 1. The van der Waals surface area contributed by atoms with Crippen molar-refractivity contribution in [1.29, 1.82) is 0 Å². The second-order valence-corrected chi connectivity index (χ2v) is 9.13. The van der Waals surface area contributed by atoms with Crippen molar-refractivity contribution >= 4 is 17.6 Å². The summed E-state index contributed by atoms with van der Waals surface area (Å²) in [7, 11) is 0. The number of nitrogens with one attached hydrogen (secondary N) is 4. The van der Waals surface area contributed by atoms with Gasteiger partial charge in [0.25, 0.3) is 0 Å². The Morgan fingerprint density at radius 3 is 2.44 bits per heavy atom. The number of urea groups is 1. The maximum absolute atomic E-state index is 13.0. The Hall–Kier alpha value is -3.65. The first kappa shape index (κ1) is 22.2. The number of para-hydroxylation sites is 1. The van der Waals surface area contributed by atoms with Crippen LogP contribution in [0.3, 0.4) is 0 Å². The average Bonchev–Trinajstić information content (AvgIpc) is 3.50. The van der Waals surface area contributed by atoms with Gasteiger partial charge in [0, 0.05) is 42.0 Å². The van der Waals surface area contributed by atoms with E-state index in [-0.39, 0.29) is 11.9 Å². The van der Waals surface area contributed by atoms with Crippen molar-refractivity contribution in [3.05, 3.63) is 83.9 Å². The molecule has 3 aromatic rings. The first-order valence-electron chi connectivity index (χ1n) is 11.8. The van der Waals surface area contributed by atoms with Gasteiger partial charge in [-0.2, -0.15) is 0 Å². The second kappa shape index (κ2) is 9.69. The number of hydrogen-bond acceptors (Lipinski definition) is 4. The van der Waals surface area contributed by atoms with Gasteiger partial charge in [0.05, 0.1) is 12.0 Å². The van der Waals surface area contributed by atoms with Gasteiger partial charge in [0.2, 0.25) is 5.91 Å². The summed E-state index contributed by atoms with van der Waals surface area (Å²) in [5.41, 5.74) is 2.40. The lowest BCUT2D eigenvalue weighted by Crippen LogP contribution is -2.41. The molecule has 176 valence electrons. The summed E-state index contributed by atoms with van der Waals surface area (Å²) in [6.07, 6.45) is 3.31. The SMILES string of the molecule is O=C(Nc1ccccc1)N[C@@H]1C[C@H](C(=O)NCc2ccccc2)[C@@H](O)[C@H]1c1cnc(C2CC2)[nH]1. The smallest absolute Gasteiger partial charge is 0.319 e. The molecule has 0 unspecified atom stereocenters. The lowest BCUT2D eigenvalue weighted by atomic mass is 9.96. The zero-order chi connectivity index (χ0) is 23.5. The zero-order valence-electron chi connectivity index (χ0n) is 18.8. The molecule has 2 aliphatic rings. The quantitative estimate of drug-likeness (QED) is 0.373. The minimum atomic E-state index is -0.953. The number of anilines is 1. The van der Waals surface area contributed by atoms with Gasteiger partial charge in [-0.25, -0.2) is 9.78 Å². The molecule has 0 aliphatic heterocycles. The summed E-state index contributed by atoms with van der Waals surface area (Å²) in [5.74, 6) is 0.00480. The summed E-state index contributed by atoms with van der Waals surface area (Å²) in [5, 5.41) is 20.0. The van der Waals surface area contributed by atoms with Gasteiger partial charge in [-0.15, -0.1) is 0 Å². The molecule has 0 radical (unpaired) electrons. The molecule has 8 heteroatoms. The molecule has 0 saturated heterocycles. The van der Waals surface area contributed by atoms with E-state index in [1.165, 1.54) is 0 Å². The Morgan fingerprint density at radius 1 is 1.03 bits per heavy atom. The third kappa shape index (κ3) is 4.97. The molecule has 2 fully saturated rings. The normalized spacial score (nSPS) is 23.9. The van der Waals surface area contributed by atoms with Crippen molar-refractivity contribution in [3.63, 3.8) is 0 Å². The first-order chi connectivity index (χ1) is 16.6. The number of H-pyrrole nitrogens is 1. The predicted octanol–water partition coefficient (Wildman–Crippen LogP) is 3.26. The third-order valence-corrected chi connectivity index (χ3v) is 6.65. The monoisotopic (exact) mass is 459 g/mol. The van der Waals surface area contributed by atoms with Crippen LogP contribution in [0, 0.1) is 5.92 Å². The van der Waals surface area contributed by atoms with E-state index >= 15 is 0 Å². The van der Waals surface area contributed by atoms with E-state index in [1.54, 1.807) is 18.3 Å². The van der Waals surface area contributed by atoms with Crippen molar-refractivity contribution in [2.75, 3.05) is 5.32 Å². The van der Waals surface area contributed by atoms with Crippen LogP contribution >= 0.6 is 0 Å². The van der Waals surface area contributed by atoms with E-state index < -0.39 is 24.0 Å². The van der Waals surface area contributed by atoms with E-state index in [0.717, 1.165) is 29.9 Å². The number of rotatable bonds is 7. The summed E-state index contributed by atoms with van der Waals surface area (Å²) < 4.78 is 0. The van der Waals surface area contributed by atoms with Gasteiger partial charge in [0.15, 0.2) is 0 Å². The summed E-state index contributed by atoms with van der Waals surface area (Å²) in [6.45, 7) is 0.385. The molecule has 3 amide bonds. The van der Waals surface area contributed by atoms with Gasteiger partial charge >= 0.3 is 6.03 Å². The van der Waals surface area contributed by atoms with Gasteiger partial charge in [-0.1, -0.05) is 48.5 Å². The third-order valence-electron chi connectivity index (χ3n) is 6.65. The lowest BCUT2D eigenvalue weighted by molar-refractivity contribution is -0.127. The number of aromatic nitrogens is 2. The van der Waals surface area contributed by atoms with Crippen LogP contribution in [0.4, 0.5) is 10.5 Å². The highest BCUT2D eigenvalue weighted by atomic mass is 16.3. The summed E-state index contributed by atoms with van der Waals surface area (Å²) in [4.78, 5) is 33.6. The fraction of sp³-hybridized carbons (Fsp3) is 0.346. The minimum Gasteiger partial charge on any atom is -0.392 e. The number of aliphatic hydroxyl groups excluding tert-OH is 1. The van der Waals surface area contributed by atoms with E-state index in [1.807, 2.05) is 48.5 Å². The molecule has 0 spiro atoms. The molecule has 0 bridgehead atoms. The summed E-state index contributed by atoms with van der Waals surface area (Å²) in [6, 6.07) is 18.0. The fourth-order valence-electron chi connectivity index (χ4n) is 4.72. The lowest BCUT2D eigenvalue weighted by Gasteiger charge is -2.22. The number of imidazole rings is 1. The highest BCUT2D eigenvalue weighted by Crippen LogP contribution is 2.42. The molecule has 1 heterocycles. The van der Waals surface area contributed by atoms with Gasteiger partial charge in [-0.3, -0.25) is 4.79 Å². The number of benzene rings is 2. The number of aliphatic hydroxyl groups is 1. The molecular weight excluding hydrogens is 430 g/mol. The Balaban J connectivity index is 1.31. The van der Waals surface area contributed by atoms with Crippen LogP contribution in [0.1, 0.15) is 48.2 Å². The van der Waals surface area contributed by atoms with Crippen LogP contribution in [0.5, 0.6) is 0 Å². The van der Waals surface area contributed by atoms with Crippen LogP contribution in [-0.4, -0.2) is 39.2 Å². The van der Waals surface area contributed by atoms with Gasteiger partial charge in [0.1, 0.15) is 5.82 Å².